The molecule has 1 aliphatic rings. The number of nitrogens with one attached hydrogen (secondary N) is 2. The second kappa shape index (κ2) is 10.7. The minimum Gasteiger partial charge on any atom is -0.358 e. The Kier molecular flexibility index (Phi) is 8.04. The number of halogens is 1. The van der Waals surface area contributed by atoms with Gasteiger partial charge in [-0.1, -0.05) is 41.3 Å². The highest BCUT2D eigenvalue weighted by atomic mass is 32.2. The molecule has 3 amide bonds. The van der Waals surface area contributed by atoms with E-state index >= 15 is 0 Å². The van der Waals surface area contributed by atoms with E-state index in [-0.39, 0.29) is 41.3 Å². The van der Waals surface area contributed by atoms with Crippen molar-refractivity contribution in [2.75, 3.05) is 24.2 Å². The van der Waals surface area contributed by atoms with Crippen molar-refractivity contribution in [1.82, 2.24) is 20.4 Å². The lowest BCUT2D eigenvalue weighted by Gasteiger charge is -2.12. The van der Waals surface area contributed by atoms with Gasteiger partial charge in [0, 0.05) is 24.7 Å². The van der Waals surface area contributed by atoms with Crippen LogP contribution in [0.2, 0.25) is 0 Å². The zero-order valence-corrected chi connectivity index (χ0v) is 19.2. The van der Waals surface area contributed by atoms with Gasteiger partial charge in [-0.15, -0.1) is 10.2 Å². The van der Waals surface area contributed by atoms with Crippen LogP contribution in [0.1, 0.15) is 19.4 Å². The van der Waals surface area contributed by atoms with Gasteiger partial charge in [0.1, 0.15) is 5.82 Å². The highest BCUT2D eigenvalue weighted by Crippen LogP contribution is 2.32. The fourth-order valence-corrected chi connectivity index (χ4v) is 5.07. The molecule has 31 heavy (non-hydrogen) atoms. The minimum atomic E-state index is -0.499. The Morgan fingerprint density at radius 3 is 2.81 bits per heavy atom. The molecule has 1 aliphatic heterocycles. The van der Waals surface area contributed by atoms with E-state index in [9.17, 15) is 18.8 Å². The number of thioether (sulfide) groups is 2. The number of nitrogens with zero attached hydrogens (tertiary/aromatic N) is 3. The van der Waals surface area contributed by atoms with Crippen LogP contribution in [-0.4, -0.2) is 57.0 Å². The van der Waals surface area contributed by atoms with Crippen molar-refractivity contribution in [1.29, 1.82) is 0 Å². The number of carbonyl (C=O) groups is 3. The molecule has 0 bridgehead atoms. The fraction of sp³-hybridized carbons (Fsp3) is 0.316. The molecule has 0 radical (unpaired) electrons. The Labute approximate surface area is 191 Å². The first-order valence-electron chi connectivity index (χ1n) is 9.33. The monoisotopic (exact) mass is 481 g/mol. The molecule has 2 aromatic rings. The molecule has 2 heterocycles. The number of amides is 3. The Bertz CT molecular complexity index is 1010. The molecule has 12 heteroatoms. The van der Waals surface area contributed by atoms with E-state index in [1.54, 1.807) is 12.1 Å². The molecule has 164 valence electrons. The standard InChI is InChI=1S/C19H20FN5O3S3/c1-11(2)22-17-23-24-18(31-17)29-10-15(26)21-7-8-25-16(27)14(30-19(25)28)9-12-5-3-4-6-13(12)20/h3-6,9,11H,7-8,10H2,1-2H3,(H,21,26)(H,22,23)/b14-9-. The third-order valence-electron chi connectivity index (χ3n) is 3.87. The number of carbonyl (C=O) groups excluding carboxylic acids is 3. The normalized spacial score (nSPS) is 15.2. The van der Waals surface area contributed by atoms with Gasteiger partial charge in [0.15, 0.2) is 4.34 Å². The Morgan fingerprint density at radius 2 is 2.06 bits per heavy atom. The summed E-state index contributed by atoms with van der Waals surface area (Å²) >= 11 is 3.38. The largest absolute Gasteiger partial charge is 0.358 e. The molecule has 1 aromatic heterocycles. The Morgan fingerprint density at radius 1 is 1.29 bits per heavy atom. The van der Waals surface area contributed by atoms with Crippen LogP contribution in [0.4, 0.5) is 14.3 Å². The highest BCUT2D eigenvalue weighted by Gasteiger charge is 2.34. The van der Waals surface area contributed by atoms with Gasteiger partial charge in [-0.2, -0.15) is 0 Å². The number of benzene rings is 1. The van der Waals surface area contributed by atoms with E-state index in [4.69, 9.17) is 0 Å². The van der Waals surface area contributed by atoms with Gasteiger partial charge in [0.25, 0.3) is 11.1 Å². The van der Waals surface area contributed by atoms with Crippen molar-refractivity contribution in [3.8, 4) is 0 Å². The van der Waals surface area contributed by atoms with Crippen molar-refractivity contribution in [2.24, 2.45) is 0 Å². The van der Waals surface area contributed by atoms with Crippen molar-refractivity contribution in [3.63, 3.8) is 0 Å². The van der Waals surface area contributed by atoms with E-state index in [0.717, 1.165) is 16.7 Å². The number of hydrogen-bond donors (Lipinski definition) is 2. The maximum absolute atomic E-state index is 13.8. The Hall–Kier alpha value is -2.44. The molecule has 0 unspecified atom stereocenters. The van der Waals surface area contributed by atoms with E-state index in [2.05, 4.69) is 20.8 Å². The number of rotatable bonds is 9. The summed E-state index contributed by atoms with van der Waals surface area (Å²) in [7, 11) is 0. The summed E-state index contributed by atoms with van der Waals surface area (Å²) < 4.78 is 14.5. The van der Waals surface area contributed by atoms with Crippen LogP contribution in [0, 0.1) is 5.82 Å². The quantitative estimate of drug-likeness (QED) is 0.415. The number of hydrogen-bond acceptors (Lipinski definition) is 9. The first kappa shape index (κ1) is 23.2. The third-order valence-corrected chi connectivity index (χ3v) is 6.76. The molecule has 3 rings (SSSR count). The van der Waals surface area contributed by atoms with Crippen molar-refractivity contribution in [2.45, 2.75) is 24.2 Å². The van der Waals surface area contributed by atoms with Gasteiger partial charge >= 0.3 is 0 Å². The predicted molar refractivity (Wildman–Crippen MR) is 121 cm³/mol. The van der Waals surface area contributed by atoms with Gasteiger partial charge in [-0.05, 0) is 37.8 Å². The molecule has 2 N–H and O–H groups in total. The molecule has 8 nitrogen and oxygen atoms in total. The van der Waals surface area contributed by atoms with Crippen molar-refractivity contribution < 1.29 is 18.8 Å². The van der Waals surface area contributed by atoms with Gasteiger partial charge < -0.3 is 10.6 Å². The number of imide groups is 1. The number of anilines is 1. The zero-order chi connectivity index (χ0) is 22.4. The van der Waals surface area contributed by atoms with Crippen molar-refractivity contribution >= 4 is 63.1 Å². The van der Waals surface area contributed by atoms with E-state index in [1.165, 1.54) is 41.3 Å². The highest BCUT2D eigenvalue weighted by molar-refractivity contribution is 8.18. The summed E-state index contributed by atoms with van der Waals surface area (Å²) in [6.07, 6.45) is 1.36. The number of aromatic nitrogens is 2. The van der Waals surface area contributed by atoms with Crippen LogP contribution in [0.25, 0.3) is 6.08 Å². The summed E-state index contributed by atoms with van der Waals surface area (Å²) in [5.74, 6) is -1.07. The van der Waals surface area contributed by atoms with Crippen LogP contribution in [0.3, 0.4) is 0 Å². The topological polar surface area (TPSA) is 104 Å². The molecule has 0 spiro atoms. The average molecular weight is 482 g/mol. The average Bonchev–Trinajstić information content (AvgIpc) is 3.26. The summed E-state index contributed by atoms with van der Waals surface area (Å²) in [4.78, 5) is 37.8. The summed E-state index contributed by atoms with van der Waals surface area (Å²) in [6, 6.07) is 6.25. The second-order valence-electron chi connectivity index (χ2n) is 6.67. The van der Waals surface area contributed by atoms with Crippen LogP contribution >= 0.6 is 34.9 Å². The van der Waals surface area contributed by atoms with Gasteiger partial charge in [0.05, 0.1) is 10.7 Å². The summed E-state index contributed by atoms with van der Waals surface area (Å²) in [5, 5.41) is 14.1. The molecule has 1 saturated heterocycles. The van der Waals surface area contributed by atoms with Crippen LogP contribution < -0.4 is 10.6 Å². The lowest BCUT2D eigenvalue weighted by Crippen LogP contribution is -2.37. The summed E-state index contributed by atoms with van der Waals surface area (Å²) in [6.45, 7) is 4.15. The lowest BCUT2D eigenvalue weighted by atomic mass is 10.2. The van der Waals surface area contributed by atoms with Crippen LogP contribution in [0.15, 0.2) is 33.5 Å². The minimum absolute atomic E-state index is 0.0386. The van der Waals surface area contributed by atoms with Gasteiger partial charge in [-0.25, -0.2) is 4.39 Å². The van der Waals surface area contributed by atoms with Crippen LogP contribution in [-0.2, 0) is 9.59 Å². The maximum Gasteiger partial charge on any atom is 0.293 e. The zero-order valence-electron chi connectivity index (χ0n) is 16.8. The molecule has 0 aliphatic carbocycles. The Balaban J connectivity index is 1.45. The maximum atomic E-state index is 13.8. The predicted octanol–water partition coefficient (Wildman–Crippen LogP) is 3.44. The van der Waals surface area contributed by atoms with Gasteiger partial charge in [-0.3, -0.25) is 19.3 Å². The van der Waals surface area contributed by atoms with Crippen LogP contribution in [0.5, 0.6) is 0 Å². The molecular weight excluding hydrogens is 461 g/mol. The van der Waals surface area contributed by atoms with Crippen molar-refractivity contribution in [3.05, 3.63) is 40.6 Å². The molecule has 1 fully saturated rings. The summed E-state index contributed by atoms with van der Waals surface area (Å²) in [5.41, 5.74) is 0.238. The van der Waals surface area contributed by atoms with Gasteiger partial charge in [0.2, 0.25) is 11.0 Å². The van der Waals surface area contributed by atoms with E-state index in [1.807, 2.05) is 13.8 Å². The lowest BCUT2D eigenvalue weighted by molar-refractivity contribution is -0.123. The molecule has 0 atom stereocenters. The molecule has 1 aromatic carbocycles. The second-order valence-corrected chi connectivity index (χ2v) is 9.86. The van der Waals surface area contributed by atoms with E-state index < -0.39 is 17.0 Å². The third kappa shape index (κ3) is 6.52. The first-order valence-corrected chi connectivity index (χ1v) is 11.9. The fourth-order valence-electron chi connectivity index (χ4n) is 2.48. The van der Waals surface area contributed by atoms with E-state index in [0.29, 0.717) is 9.47 Å². The molecular formula is C19H20FN5O3S3. The molecule has 0 saturated carbocycles. The SMILES string of the molecule is CC(C)Nc1nnc(SCC(=O)NCCN2C(=O)S/C(=C\c3ccccc3F)C2=O)s1. The first-order chi connectivity index (χ1) is 14.8. The smallest absolute Gasteiger partial charge is 0.293 e.